The summed E-state index contributed by atoms with van der Waals surface area (Å²) in [6.07, 6.45) is 3.16. The molecule has 0 aliphatic rings. The molecule has 0 radical (unpaired) electrons. The van der Waals surface area contributed by atoms with E-state index < -0.39 is 17.5 Å². The zero-order chi connectivity index (χ0) is 18.4. The maximum Gasteiger partial charge on any atom is 0.276 e. The third-order valence-corrected chi connectivity index (χ3v) is 3.70. The molecule has 1 atom stereocenters. The minimum Gasteiger partial charge on any atom is -0.349 e. The summed E-state index contributed by atoms with van der Waals surface area (Å²) in [5.74, 6) is -0.710. The van der Waals surface area contributed by atoms with Gasteiger partial charge in [0.25, 0.3) is 5.91 Å². The quantitative estimate of drug-likeness (QED) is 0.799. The lowest BCUT2D eigenvalue weighted by Gasteiger charge is -2.32. The maximum atomic E-state index is 12.9. The molecular weight excluding hydrogens is 338 g/mol. The summed E-state index contributed by atoms with van der Waals surface area (Å²) in [5.41, 5.74) is 0.217. The molecule has 1 N–H and O–H groups in total. The van der Waals surface area contributed by atoms with E-state index in [4.69, 9.17) is 0 Å². The minimum atomic E-state index is -0.896. The largest absolute Gasteiger partial charge is 0.349 e. The predicted molar refractivity (Wildman–Crippen MR) is 96.0 cm³/mol. The Labute approximate surface area is 150 Å². The standard InChI is InChI=1S/C17H21N5O2S/c1-5-10-22(16(24)13-11-25-21-20-13)14(12-8-6-7-9-18-12)15(23)19-17(2,3)4/h5-9,11,14H,1,10H2,2-4H3,(H,19,23)/t14-/m1/s1. The SMILES string of the molecule is C=CCN(C(=O)c1csnn1)[C@@H](C(=O)NC(C)(C)C)c1ccccn1. The Morgan fingerprint density at radius 1 is 1.40 bits per heavy atom. The van der Waals surface area contributed by atoms with Crippen LogP contribution in [0.4, 0.5) is 0 Å². The maximum absolute atomic E-state index is 12.9. The number of hydrogen-bond donors (Lipinski definition) is 1. The van der Waals surface area contributed by atoms with Crippen molar-refractivity contribution in [1.29, 1.82) is 0 Å². The molecule has 0 aliphatic carbocycles. The highest BCUT2D eigenvalue weighted by atomic mass is 32.1. The summed E-state index contributed by atoms with van der Waals surface area (Å²) in [6.45, 7) is 9.51. The molecule has 132 valence electrons. The molecule has 0 saturated heterocycles. The van der Waals surface area contributed by atoms with Gasteiger partial charge in [-0.15, -0.1) is 11.7 Å². The predicted octanol–water partition coefficient (Wildman–Crippen LogP) is 2.22. The van der Waals surface area contributed by atoms with Gasteiger partial charge in [-0.05, 0) is 44.4 Å². The fourth-order valence-electron chi connectivity index (χ4n) is 2.26. The molecule has 2 aromatic heterocycles. The second-order valence-corrected chi connectivity index (χ2v) is 7.04. The van der Waals surface area contributed by atoms with Crippen molar-refractivity contribution in [2.75, 3.05) is 6.54 Å². The Morgan fingerprint density at radius 3 is 2.68 bits per heavy atom. The van der Waals surface area contributed by atoms with Gasteiger partial charge in [0.05, 0.1) is 5.69 Å². The molecule has 7 nitrogen and oxygen atoms in total. The summed E-state index contributed by atoms with van der Waals surface area (Å²) >= 11 is 1.08. The average Bonchev–Trinajstić information content (AvgIpc) is 3.07. The highest BCUT2D eigenvalue weighted by Crippen LogP contribution is 2.22. The molecule has 2 rings (SSSR count). The molecule has 8 heteroatoms. The first-order chi connectivity index (χ1) is 11.8. The monoisotopic (exact) mass is 359 g/mol. The van der Waals surface area contributed by atoms with Crippen LogP contribution in [-0.2, 0) is 4.79 Å². The number of carbonyl (C=O) groups excluding carboxylic acids is 2. The lowest BCUT2D eigenvalue weighted by atomic mass is 10.0. The van der Waals surface area contributed by atoms with Crippen molar-refractivity contribution in [2.24, 2.45) is 0 Å². The van der Waals surface area contributed by atoms with Crippen molar-refractivity contribution in [3.63, 3.8) is 0 Å². The van der Waals surface area contributed by atoms with E-state index >= 15 is 0 Å². The summed E-state index contributed by atoms with van der Waals surface area (Å²) < 4.78 is 3.72. The second-order valence-electron chi connectivity index (χ2n) is 6.43. The Kier molecular flexibility index (Phi) is 5.97. The third-order valence-electron chi connectivity index (χ3n) is 3.19. The topological polar surface area (TPSA) is 88.1 Å². The molecule has 0 unspecified atom stereocenters. The van der Waals surface area contributed by atoms with Gasteiger partial charge in [-0.3, -0.25) is 14.6 Å². The van der Waals surface area contributed by atoms with Crippen LogP contribution >= 0.6 is 11.5 Å². The zero-order valence-corrected chi connectivity index (χ0v) is 15.3. The van der Waals surface area contributed by atoms with Crippen LogP contribution in [0.5, 0.6) is 0 Å². The second kappa shape index (κ2) is 7.98. The Morgan fingerprint density at radius 2 is 2.16 bits per heavy atom. The van der Waals surface area contributed by atoms with Gasteiger partial charge in [-0.2, -0.15) is 0 Å². The first kappa shape index (κ1) is 18.7. The van der Waals surface area contributed by atoms with Crippen molar-refractivity contribution < 1.29 is 9.59 Å². The van der Waals surface area contributed by atoms with E-state index in [1.54, 1.807) is 35.9 Å². The van der Waals surface area contributed by atoms with Crippen LogP contribution in [-0.4, -0.2) is 43.4 Å². The molecule has 0 saturated carbocycles. The zero-order valence-electron chi connectivity index (χ0n) is 14.5. The highest BCUT2D eigenvalue weighted by molar-refractivity contribution is 7.03. The smallest absolute Gasteiger partial charge is 0.276 e. The van der Waals surface area contributed by atoms with E-state index in [0.717, 1.165) is 11.5 Å². The molecule has 2 aromatic rings. The summed E-state index contributed by atoms with van der Waals surface area (Å²) in [6, 6.07) is 4.36. The van der Waals surface area contributed by atoms with E-state index in [1.165, 1.54) is 4.90 Å². The number of aromatic nitrogens is 3. The van der Waals surface area contributed by atoms with Gasteiger partial charge < -0.3 is 10.2 Å². The van der Waals surface area contributed by atoms with Crippen LogP contribution in [0, 0.1) is 0 Å². The highest BCUT2D eigenvalue weighted by Gasteiger charge is 2.34. The Balaban J connectivity index is 2.45. The first-order valence-corrected chi connectivity index (χ1v) is 8.59. The van der Waals surface area contributed by atoms with Gasteiger partial charge in [-0.25, -0.2) is 0 Å². The molecular formula is C17H21N5O2S. The first-order valence-electron chi connectivity index (χ1n) is 7.75. The van der Waals surface area contributed by atoms with Crippen LogP contribution in [0.1, 0.15) is 43.0 Å². The average molecular weight is 359 g/mol. The Hall–Kier alpha value is -2.61. The van der Waals surface area contributed by atoms with Crippen molar-refractivity contribution in [3.8, 4) is 0 Å². The number of amides is 2. The van der Waals surface area contributed by atoms with E-state index in [1.807, 2.05) is 20.8 Å². The van der Waals surface area contributed by atoms with Gasteiger partial charge in [-0.1, -0.05) is 16.6 Å². The van der Waals surface area contributed by atoms with Crippen LogP contribution in [0.3, 0.4) is 0 Å². The van der Waals surface area contributed by atoms with Gasteiger partial charge >= 0.3 is 0 Å². The number of nitrogens with zero attached hydrogens (tertiary/aromatic N) is 4. The number of pyridine rings is 1. The molecule has 2 heterocycles. The molecule has 2 amide bonds. The van der Waals surface area contributed by atoms with E-state index in [0.29, 0.717) is 5.69 Å². The van der Waals surface area contributed by atoms with Crippen LogP contribution in [0.15, 0.2) is 42.4 Å². The normalized spacial score (nSPS) is 12.3. The van der Waals surface area contributed by atoms with Gasteiger partial charge in [0.1, 0.15) is 0 Å². The lowest BCUT2D eigenvalue weighted by Crippen LogP contribution is -2.49. The van der Waals surface area contributed by atoms with Crippen LogP contribution < -0.4 is 5.32 Å². The fraction of sp³-hybridized carbons (Fsp3) is 0.353. The molecule has 0 spiro atoms. The van der Waals surface area contributed by atoms with Crippen LogP contribution in [0.25, 0.3) is 0 Å². The van der Waals surface area contributed by atoms with E-state index in [-0.39, 0.29) is 18.1 Å². The van der Waals surface area contributed by atoms with Crippen molar-refractivity contribution in [2.45, 2.75) is 32.4 Å². The third kappa shape index (κ3) is 4.93. The molecule has 0 aliphatic heterocycles. The molecule has 0 fully saturated rings. The Bertz CT molecular complexity index is 725. The van der Waals surface area contributed by atoms with Gasteiger partial charge in [0.2, 0.25) is 5.91 Å². The summed E-state index contributed by atoms with van der Waals surface area (Å²) in [7, 11) is 0. The summed E-state index contributed by atoms with van der Waals surface area (Å²) in [5, 5.41) is 8.29. The molecule has 25 heavy (non-hydrogen) atoms. The lowest BCUT2D eigenvalue weighted by molar-refractivity contribution is -0.127. The fourth-order valence-corrected chi connectivity index (χ4v) is 2.69. The van der Waals surface area contributed by atoms with E-state index in [9.17, 15) is 9.59 Å². The number of carbonyl (C=O) groups is 2. The molecule has 0 aromatic carbocycles. The molecule has 0 bridgehead atoms. The van der Waals surface area contributed by atoms with Crippen molar-refractivity contribution in [1.82, 2.24) is 24.8 Å². The van der Waals surface area contributed by atoms with Gasteiger partial charge in [0, 0.05) is 23.7 Å². The number of nitrogens with one attached hydrogen (secondary N) is 1. The summed E-state index contributed by atoms with van der Waals surface area (Å²) in [4.78, 5) is 31.5. The minimum absolute atomic E-state index is 0.176. The number of rotatable bonds is 6. The van der Waals surface area contributed by atoms with Crippen molar-refractivity contribution in [3.05, 3.63) is 53.8 Å². The number of hydrogen-bond acceptors (Lipinski definition) is 6. The van der Waals surface area contributed by atoms with Crippen molar-refractivity contribution >= 4 is 23.3 Å². The van der Waals surface area contributed by atoms with Crippen LogP contribution in [0.2, 0.25) is 0 Å². The van der Waals surface area contributed by atoms with E-state index in [2.05, 4.69) is 26.5 Å². The van der Waals surface area contributed by atoms with Gasteiger partial charge in [0.15, 0.2) is 11.7 Å².